The van der Waals surface area contributed by atoms with Crippen LogP contribution >= 0.6 is 0 Å². The molecule has 1 aliphatic heterocycles. The van der Waals surface area contributed by atoms with Crippen molar-refractivity contribution in [1.29, 1.82) is 0 Å². The van der Waals surface area contributed by atoms with Gasteiger partial charge in [-0.15, -0.1) is 0 Å². The van der Waals surface area contributed by atoms with E-state index in [9.17, 15) is 4.79 Å². The van der Waals surface area contributed by atoms with E-state index in [4.69, 9.17) is 14.2 Å². The lowest BCUT2D eigenvalue weighted by atomic mass is 9.95. The molecule has 0 aromatic heterocycles. The predicted molar refractivity (Wildman–Crippen MR) is 119 cm³/mol. The maximum absolute atomic E-state index is 12.1. The number of carbonyl (C=O) groups is 1. The Hall–Kier alpha value is -2.27. The van der Waals surface area contributed by atoms with Gasteiger partial charge in [-0.3, -0.25) is 4.79 Å². The highest BCUT2D eigenvalue weighted by Crippen LogP contribution is 2.31. The molecule has 30 heavy (non-hydrogen) atoms. The average Bonchev–Trinajstić information content (AvgIpc) is 2.95. The standard InChI is InChI=1S/C26H32O4/c1-18-14-19(2)25(20(3)27)22(15-18)12-9-13-23-24(30-26(4,5)29-23)17-28-16-21-10-7-6-8-11-21/h6-12,14-15,23-24H,13,16-17H2,1-5H3/b12-9+. The van der Waals surface area contributed by atoms with Crippen molar-refractivity contribution < 1.29 is 19.0 Å². The summed E-state index contributed by atoms with van der Waals surface area (Å²) < 4.78 is 18.1. The molecule has 0 aliphatic carbocycles. The smallest absolute Gasteiger partial charge is 0.163 e. The highest BCUT2D eigenvalue weighted by Gasteiger charge is 2.40. The van der Waals surface area contributed by atoms with E-state index in [1.807, 2.05) is 70.2 Å². The molecule has 4 heteroatoms. The van der Waals surface area contributed by atoms with Crippen LogP contribution in [0.4, 0.5) is 0 Å². The molecular formula is C26H32O4. The van der Waals surface area contributed by atoms with Gasteiger partial charge in [-0.05, 0) is 57.7 Å². The summed E-state index contributed by atoms with van der Waals surface area (Å²) in [6, 6.07) is 14.2. The Bertz CT molecular complexity index is 899. The third kappa shape index (κ3) is 5.88. The van der Waals surface area contributed by atoms with Crippen LogP contribution in [0.2, 0.25) is 0 Å². The van der Waals surface area contributed by atoms with Gasteiger partial charge < -0.3 is 14.2 Å². The minimum Gasteiger partial charge on any atom is -0.374 e. The molecule has 1 saturated heterocycles. The third-order valence-corrected chi connectivity index (χ3v) is 5.21. The third-order valence-electron chi connectivity index (χ3n) is 5.21. The first kappa shape index (κ1) is 22.4. The quantitative estimate of drug-likeness (QED) is 0.530. The molecule has 1 aliphatic rings. The summed E-state index contributed by atoms with van der Waals surface area (Å²) in [6.07, 6.45) is 4.54. The number of carbonyl (C=O) groups excluding carboxylic acids is 1. The van der Waals surface area contributed by atoms with Gasteiger partial charge in [-0.1, -0.05) is 60.2 Å². The maximum atomic E-state index is 12.1. The fraction of sp³-hybridized carbons (Fsp3) is 0.423. The number of Topliss-reactive ketones (excluding diaryl/α,β-unsaturated/α-hetero) is 1. The highest BCUT2D eigenvalue weighted by molar-refractivity contribution is 5.99. The van der Waals surface area contributed by atoms with Gasteiger partial charge in [-0.2, -0.15) is 0 Å². The van der Waals surface area contributed by atoms with Crippen molar-refractivity contribution in [3.63, 3.8) is 0 Å². The zero-order valence-corrected chi connectivity index (χ0v) is 18.6. The van der Waals surface area contributed by atoms with Gasteiger partial charge in [0.05, 0.1) is 19.3 Å². The number of benzene rings is 2. The van der Waals surface area contributed by atoms with E-state index in [1.165, 1.54) is 0 Å². The first-order valence-electron chi connectivity index (χ1n) is 10.5. The molecule has 2 unspecified atom stereocenters. The van der Waals surface area contributed by atoms with E-state index >= 15 is 0 Å². The van der Waals surface area contributed by atoms with Gasteiger partial charge >= 0.3 is 0 Å². The Kier molecular flexibility index (Phi) is 7.24. The highest BCUT2D eigenvalue weighted by atomic mass is 16.8. The van der Waals surface area contributed by atoms with Crippen LogP contribution < -0.4 is 0 Å². The first-order valence-corrected chi connectivity index (χ1v) is 10.5. The summed E-state index contributed by atoms with van der Waals surface area (Å²) in [5.41, 5.74) is 5.03. The lowest BCUT2D eigenvalue weighted by Gasteiger charge is -2.16. The Labute approximate surface area is 179 Å². The molecule has 2 aromatic rings. The van der Waals surface area contributed by atoms with Gasteiger partial charge in [-0.25, -0.2) is 0 Å². The van der Waals surface area contributed by atoms with Crippen LogP contribution in [-0.2, 0) is 20.8 Å². The number of ketones is 1. The monoisotopic (exact) mass is 408 g/mol. The number of aryl methyl sites for hydroxylation is 2. The van der Waals surface area contributed by atoms with Crippen LogP contribution in [-0.4, -0.2) is 30.4 Å². The topological polar surface area (TPSA) is 44.8 Å². The largest absolute Gasteiger partial charge is 0.374 e. The zero-order chi connectivity index (χ0) is 21.7. The van der Waals surface area contributed by atoms with Gasteiger partial charge in [0.15, 0.2) is 11.6 Å². The first-order chi connectivity index (χ1) is 14.2. The van der Waals surface area contributed by atoms with Gasteiger partial charge in [0.2, 0.25) is 0 Å². The summed E-state index contributed by atoms with van der Waals surface area (Å²) in [6.45, 7) is 10.5. The molecule has 3 rings (SSSR count). The predicted octanol–water partition coefficient (Wildman–Crippen LogP) is 5.65. The van der Waals surface area contributed by atoms with Crippen molar-refractivity contribution in [2.45, 2.75) is 65.6 Å². The van der Waals surface area contributed by atoms with E-state index in [1.54, 1.807) is 6.92 Å². The summed E-state index contributed by atoms with van der Waals surface area (Å²) >= 11 is 0. The van der Waals surface area contributed by atoms with Crippen molar-refractivity contribution in [2.75, 3.05) is 6.61 Å². The normalized spacial score (nSPS) is 20.7. The van der Waals surface area contributed by atoms with Crippen molar-refractivity contribution >= 4 is 11.9 Å². The molecule has 2 aromatic carbocycles. The number of rotatable bonds is 8. The molecule has 0 amide bonds. The molecule has 0 N–H and O–H groups in total. The second kappa shape index (κ2) is 9.69. The Morgan fingerprint density at radius 3 is 2.50 bits per heavy atom. The SMILES string of the molecule is CC(=O)c1c(C)cc(C)cc1/C=C/CC1OC(C)(C)OC1COCc1ccccc1. The van der Waals surface area contributed by atoms with Crippen molar-refractivity contribution in [1.82, 2.24) is 0 Å². The molecule has 1 fully saturated rings. The van der Waals surface area contributed by atoms with Gasteiger partial charge in [0, 0.05) is 5.56 Å². The molecule has 0 spiro atoms. The zero-order valence-electron chi connectivity index (χ0n) is 18.6. The van der Waals surface area contributed by atoms with E-state index in [0.29, 0.717) is 19.6 Å². The summed E-state index contributed by atoms with van der Waals surface area (Å²) in [5.74, 6) is -0.551. The van der Waals surface area contributed by atoms with Gasteiger partial charge in [0.1, 0.15) is 6.10 Å². The molecule has 0 bridgehead atoms. The molecule has 4 nitrogen and oxygen atoms in total. The van der Waals surface area contributed by atoms with Crippen LogP contribution in [0.25, 0.3) is 6.08 Å². The molecular weight excluding hydrogens is 376 g/mol. The molecule has 1 heterocycles. The van der Waals surface area contributed by atoms with Crippen LogP contribution in [0.1, 0.15) is 59.8 Å². The lowest BCUT2D eigenvalue weighted by Crippen LogP contribution is -2.27. The summed E-state index contributed by atoms with van der Waals surface area (Å²) in [5, 5.41) is 0. The fourth-order valence-electron chi connectivity index (χ4n) is 4.06. The van der Waals surface area contributed by atoms with E-state index < -0.39 is 5.79 Å². The average molecular weight is 409 g/mol. The van der Waals surface area contributed by atoms with Gasteiger partial charge in [0.25, 0.3) is 0 Å². The number of hydrogen-bond donors (Lipinski definition) is 0. The van der Waals surface area contributed by atoms with E-state index in [0.717, 1.165) is 27.8 Å². The fourth-order valence-corrected chi connectivity index (χ4v) is 4.06. The van der Waals surface area contributed by atoms with Crippen LogP contribution in [0, 0.1) is 13.8 Å². The van der Waals surface area contributed by atoms with Crippen LogP contribution in [0.15, 0.2) is 48.5 Å². The number of hydrogen-bond acceptors (Lipinski definition) is 4. The minimum atomic E-state index is -0.635. The van der Waals surface area contributed by atoms with Crippen molar-refractivity contribution in [3.05, 3.63) is 76.4 Å². The van der Waals surface area contributed by atoms with E-state index in [-0.39, 0.29) is 18.0 Å². The lowest BCUT2D eigenvalue weighted by molar-refractivity contribution is -0.151. The second-order valence-electron chi connectivity index (χ2n) is 8.45. The van der Waals surface area contributed by atoms with Crippen molar-refractivity contribution in [2.24, 2.45) is 0 Å². The second-order valence-corrected chi connectivity index (χ2v) is 8.45. The maximum Gasteiger partial charge on any atom is 0.163 e. The van der Waals surface area contributed by atoms with Crippen LogP contribution in [0.3, 0.4) is 0 Å². The Morgan fingerprint density at radius 1 is 1.10 bits per heavy atom. The molecule has 0 radical (unpaired) electrons. The Balaban J connectivity index is 1.64. The molecule has 0 saturated carbocycles. The van der Waals surface area contributed by atoms with E-state index in [2.05, 4.69) is 12.1 Å². The number of ether oxygens (including phenoxy) is 3. The summed E-state index contributed by atoms with van der Waals surface area (Å²) in [7, 11) is 0. The molecule has 160 valence electrons. The van der Waals surface area contributed by atoms with Crippen molar-refractivity contribution in [3.8, 4) is 0 Å². The minimum absolute atomic E-state index is 0.0842. The van der Waals surface area contributed by atoms with Crippen LogP contribution in [0.5, 0.6) is 0 Å². The Morgan fingerprint density at radius 2 is 1.80 bits per heavy atom. The molecule has 2 atom stereocenters. The summed E-state index contributed by atoms with van der Waals surface area (Å²) in [4.78, 5) is 12.1.